The van der Waals surface area contributed by atoms with Crippen molar-refractivity contribution in [3.05, 3.63) is 23.8 Å². The summed E-state index contributed by atoms with van der Waals surface area (Å²) in [6.45, 7) is 4.92. The number of benzene rings is 1. The standard InChI is InChI=1S/C19H26N4O3/c1-26-17-3-2-13(10-16(17)23-9-6-21-19(23)25)18(24)22-7-4-14-11-20-12-15(14)5-8-22/h2-3,10,14-15,20H,4-9,11-12H2,1H3,(H,21,25)/t14-,15+. The van der Waals surface area contributed by atoms with E-state index in [1.807, 2.05) is 4.90 Å². The van der Waals surface area contributed by atoms with Crippen LogP contribution in [0.3, 0.4) is 0 Å². The number of hydrogen-bond acceptors (Lipinski definition) is 4. The maximum Gasteiger partial charge on any atom is 0.322 e. The van der Waals surface area contributed by atoms with E-state index in [2.05, 4.69) is 10.6 Å². The second kappa shape index (κ2) is 7.15. The molecule has 0 aromatic heterocycles. The predicted octanol–water partition coefficient (Wildman–Crippen LogP) is 1.30. The van der Waals surface area contributed by atoms with Crippen LogP contribution in [0, 0.1) is 11.8 Å². The Kier molecular flexibility index (Phi) is 4.72. The highest BCUT2D eigenvalue weighted by Crippen LogP contribution is 2.32. The zero-order valence-corrected chi connectivity index (χ0v) is 15.2. The van der Waals surface area contributed by atoms with Crippen molar-refractivity contribution in [2.75, 3.05) is 51.3 Å². The molecule has 4 rings (SSSR count). The van der Waals surface area contributed by atoms with Gasteiger partial charge in [0.1, 0.15) is 5.75 Å². The summed E-state index contributed by atoms with van der Waals surface area (Å²) in [5.41, 5.74) is 1.27. The third-order valence-corrected chi connectivity index (χ3v) is 5.88. The Morgan fingerprint density at radius 2 is 1.88 bits per heavy atom. The Morgan fingerprint density at radius 1 is 1.15 bits per heavy atom. The molecule has 3 amide bonds. The van der Waals surface area contributed by atoms with E-state index >= 15 is 0 Å². The van der Waals surface area contributed by atoms with Crippen molar-refractivity contribution >= 4 is 17.6 Å². The summed E-state index contributed by atoms with van der Waals surface area (Å²) in [5, 5.41) is 6.26. The first-order valence-corrected chi connectivity index (χ1v) is 9.41. The number of carbonyl (C=O) groups is 2. The highest BCUT2D eigenvalue weighted by Gasteiger charge is 2.32. The van der Waals surface area contributed by atoms with Gasteiger partial charge in [0.15, 0.2) is 0 Å². The molecule has 0 saturated carbocycles. The average molecular weight is 358 g/mol. The average Bonchev–Trinajstić information content (AvgIpc) is 3.25. The maximum absolute atomic E-state index is 13.1. The number of rotatable bonds is 3. The molecule has 0 aliphatic carbocycles. The zero-order chi connectivity index (χ0) is 18.1. The molecule has 3 saturated heterocycles. The Labute approximate surface area is 153 Å². The molecule has 1 aromatic carbocycles. The quantitative estimate of drug-likeness (QED) is 0.854. The van der Waals surface area contributed by atoms with E-state index < -0.39 is 0 Å². The Morgan fingerprint density at radius 3 is 2.50 bits per heavy atom. The van der Waals surface area contributed by atoms with Crippen molar-refractivity contribution in [2.24, 2.45) is 11.8 Å². The minimum Gasteiger partial charge on any atom is -0.495 e. The van der Waals surface area contributed by atoms with Crippen molar-refractivity contribution in [1.82, 2.24) is 15.5 Å². The van der Waals surface area contributed by atoms with E-state index in [1.54, 1.807) is 30.2 Å². The van der Waals surface area contributed by atoms with Crippen LogP contribution in [0.5, 0.6) is 5.75 Å². The Bertz CT molecular complexity index is 694. The van der Waals surface area contributed by atoms with Gasteiger partial charge in [-0.15, -0.1) is 0 Å². The lowest BCUT2D eigenvalue weighted by Gasteiger charge is -2.23. The third kappa shape index (κ3) is 3.11. The maximum atomic E-state index is 13.1. The van der Waals surface area contributed by atoms with Gasteiger partial charge >= 0.3 is 6.03 Å². The van der Waals surface area contributed by atoms with E-state index in [1.165, 1.54) is 0 Å². The molecular formula is C19H26N4O3. The summed E-state index contributed by atoms with van der Waals surface area (Å²) in [6.07, 6.45) is 2.11. The van der Waals surface area contributed by atoms with Gasteiger partial charge < -0.3 is 20.3 Å². The van der Waals surface area contributed by atoms with Crippen molar-refractivity contribution in [3.8, 4) is 5.75 Å². The number of anilines is 1. The third-order valence-electron chi connectivity index (χ3n) is 5.88. The van der Waals surface area contributed by atoms with Crippen LogP contribution in [0.4, 0.5) is 10.5 Å². The highest BCUT2D eigenvalue weighted by molar-refractivity contribution is 5.99. The fourth-order valence-corrected chi connectivity index (χ4v) is 4.34. The number of urea groups is 1. The molecule has 2 atom stereocenters. The van der Waals surface area contributed by atoms with E-state index in [0.717, 1.165) is 39.0 Å². The summed E-state index contributed by atoms with van der Waals surface area (Å²) in [4.78, 5) is 28.7. The first-order valence-electron chi connectivity index (χ1n) is 9.41. The highest BCUT2D eigenvalue weighted by atomic mass is 16.5. The van der Waals surface area contributed by atoms with Crippen LogP contribution in [-0.2, 0) is 0 Å². The van der Waals surface area contributed by atoms with Crippen molar-refractivity contribution in [1.29, 1.82) is 0 Å². The number of ether oxygens (including phenoxy) is 1. The molecule has 7 nitrogen and oxygen atoms in total. The molecule has 3 aliphatic rings. The molecule has 140 valence electrons. The van der Waals surface area contributed by atoms with Crippen molar-refractivity contribution < 1.29 is 14.3 Å². The molecule has 3 fully saturated rings. The van der Waals surface area contributed by atoms with E-state index in [0.29, 0.717) is 41.9 Å². The number of methoxy groups -OCH3 is 1. The number of hydrogen-bond donors (Lipinski definition) is 2. The van der Waals surface area contributed by atoms with E-state index in [-0.39, 0.29) is 11.9 Å². The molecule has 2 N–H and O–H groups in total. The number of nitrogens with zero attached hydrogens (tertiary/aromatic N) is 2. The Hall–Kier alpha value is -2.28. The second-order valence-corrected chi connectivity index (χ2v) is 7.32. The molecule has 0 bridgehead atoms. The van der Waals surface area contributed by atoms with E-state index in [4.69, 9.17) is 4.74 Å². The van der Waals surface area contributed by atoms with Gasteiger partial charge in [-0.3, -0.25) is 9.69 Å². The molecule has 3 heterocycles. The molecule has 1 aromatic rings. The van der Waals surface area contributed by atoms with Gasteiger partial charge in [-0.25, -0.2) is 4.79 Å². The first-order chi connectivity index (χ1) is 12.7. The predicted molar refractivity (Wildman–Crippen MR) is 98.7 cm³/mol. The van der Waals surface area contributed by atoms with Gasteiger partial charge in [0, 0.05) is 31.7 Å². The topological polar surface area (TPSA) is 73.9 Å². The van der Waals surface area contributed by atoms with Crippen LogP contribution >= 0.6 is 0 Å². The van der Waals surface area contributed by atoms with Crippen molar-refractivity contribution in [2.45, 2.75) is 12.8 Å². The molecule has 0 unspecified atom stereocenters. The normalized spacial score (nSPS) is 25.7. The van der Waals surface area contributed by atoms with Gasteiger partial charge in [-0.1, -0.05) is 0 Å². The van der Waals surface area contributed by atoms with Crippen LogP contribution in [0.25, 0.3) is 0 Å². The number of amides is 3. The van der Waals surface area contributed by atoms with Gasteiger partial charge in [0.25, 0.3) is 5.91 Å². The van der Waals surface area contributed by atoms with Gasteiger partial charge in [0.05, 0.1) is 12.8 Å². The molecule has 7 heteroatoms. The lowest BCUT2D eigenvalue weighted by atomic mass is 9.92. The van der Waals surface area contributed by atoms with Crippen LogP contribution in [0.1, 0.15) is 23.2 Å². The molecule has 26 heavy (non-hydrogen) atoms. The Balaban J connectivity index is 1.55. The van der Waals surface area contributed by atoms with Crippen LogP contribution in [-0.4, -0.2) is 63.2 Å². The first kappa shape index (κ1) is 17.1. The largest absolute Gasteiger partial charge is 0.495 e. The van der Waals surface area contributed by atoms with Crippen LogP contribution in [0.15, 0.2) is 18.2 Å². The summed E-state index contributed by atoms with van der Waals surface area (Å²) in [7, 11) is 1.58. The van der Waals surface area contributed by atoms with Gasteiger partial charge in [-0.05, 0) is 56.0 Å². The van der Waals surface area contributed by atoms with E-state index in [9.17, 15) is 9.59 Å². The smallest absolute Gasteiger partial charge is 0.322 e. The molecular weight excluding hydrogens is 332 g/mol. The number of carbonyl (C=O) groups excluding carboxylic acids is 2. The molecule has 0 spiro atoms. The van der Waals surface area contributed by atoms with Crippen LogP contribution < -0.4 is 20.3 Å². The SMILES string of the molecule is COc1ccc(C(=O)N2CC[C@@H]3CNC[C@@H]3CC2)cc1N1CCNC1=O. The molecule has 3 aliphatic heterocycles. The number of likely N-dealkylation sites (tertiary alicyclic amines) is 1. The number of nitrogens with one attached hydrogen (secondary N) is 2. The monoisotopic (exact) mass is 358 g/mol. The summed E-state index contributed by atoms with van der Waals surface area (Å²) >= 11 is 0. The van der Waals surface area contributed by atoms with Gasteiger partial charge in [-0.2, -0.15) is 0 Å². The fourth-order valence-electron chi connectivity index (χ4n) is 4.34. The summed E-state index contributed by atoms with van der Waals surface area (Å²) in [5.74, 6) is 2.02. The number of fused-ring (bicyclic) bond motifs is 1. The summed E-state index contributed by atoms with van der Waals surface area (Å²) < 4.78 is 5.40. The molecule has 0 radical (unpaired) electrons. The lowest BCUT2D eigenvalue weighted by Crippen LogP contribution is -2.33. The minimum absolute atomic E-state index is 0.0430. The zero-order valence-electron chi connectivity index (χ0n) is 15.2. The fraction of sp³-hybridized carbons (Fsp3) is 0.579. The lowest BCUT2D eigenvalue weighted by molar-refractivity contribution is 0.0758. The van der Waals surface area contributed by atoms with Crippen LogP contribution in [0.2, 0.25) is 0 Å². The second-order valence-electron chi connectivity index (χ2n) is 7.32. The summed E-state index contributed by atoms with van der Waals surface area (Å²) in [6, 6.07) is 5.22. The minimum atomic E-state index is -0.150. The van der Waals surface area contributed by atoms with Gasteiger partial charge in [0.2, 0.25) is 0 Å². The van der Waals surface area contributed by atoms with Crippen molar-refractivity contribution in [3.63, 3.8) is 0 Å².